The van der Waals surface area contributed by atoms with Gasteiger partial charge < -0.3 is 10.6 Å². The number of rotatable bonds is 5. The molecule has 1 aliphatic carbocycles. The lowest BCUT2D eigenvalue weighted by molar-refractivity contribution is 0.314. The summed E-state index contributed by atoms with van der Waals surface area (Å²) < 4.78 is 28.1. The molecule has 3 rings (SSSR count). The summed E-state index contributed by atoms with van der Waals surface area (Å²) in [4.78, 5) is 2.63. The number of halogens is 1. The first-order chi connectivity index (χ1) is 9.95. The Labute approximate surface area is 134 Å². The van der Waals surface area contributed by atoms with E-state index in [-0.39, 0.29) is 10.6 Å². The van der Waals surface area contributed by atoms with Crippen LogP contribution in [0.5, 0.6) is 0 Å². The highest BCUT2D eigenvalue weighted by Crippen LogP contribution is 2.31. The van der Waals surface area contributed by atoms with Crippen LogP contribution in [0, 0.1) is 5.92 Å². The first kappa shape index (κ1) is 15.3. The van der Waals surface area contributed by atoms with Crippen LogP contribution in [0.25, 0.3) is 0 Å². The Morgan fingerprint density at radius 1 is 1.33 bits per heavy atom. The summed E-state index contributed by atoms with van der Waals surface area (Å²) in [6, 6.07) is 5.59. The summed E-state index contributed by atoms with van der Waals surface area (Å²) in [5, 5.41) is 0. The summed E-state index contributed by atoms with van der Waals surface area (Å²) in [7, 11) is -3.53. The van der Waals surface area contributed by atoms with E-state index in [2.05, 4.69) is 25.6 Å². The van der Waals surface area contributed by atoms with E-state index in [1.165, 1.54) is 18.9 Å². The van der Waals surface area contributed by atoms with E-state index in [0.29, 0.717) is 12.5 Å². The van der Waals surface area contributed by atoms with Crippen LogP contribution in [0.2, 0.25) is 0 Å². The Balaban J connectivity index is 1.61. The predicted octanol–water partition coefficient (Wildman–Crippen LogP) is 1.79. The molecule has 0 amide bonds. The van der Waals surface area contributed by atoms with Crippen molar-refractivity contribution in [2.75, 3.05) is 25.4 Å². The highest BCUT2D eigenvalue weighted by Gasteiger charge is 2.34. The van der Waals surface area contributed by atoms with Gasteiger partial charge in [-0.25, -0.2) is 13.1 Å². The van der Waals surface area contributed by atoms with Crippen molar-refractivity contribution in [3.63, 3.8) is 0 Å². The van der Waals surface area contributed by atoms with Gasteiger partial charge in [-0.3, -0.25) is 0 Å². The number of nitrogens with zero attached hydrogens (tertiary/aromatic N) is 1. The van der Waals surface area contributed by atoms with Crippen LogP contribution in [0.3, 0.4) is 0 Å². The van der Waals surface area contributed by atoms with Gasteiger partial charge in [0.1, 0.15) is 4.90 Å². The van der Waals surface area contributed by atoms with E-state index in [4.69, 9.17) is 5.73 Å². The average molecular weight is 374 g/mol. The van der Waals surface area contributed by atoms with E-state index >= 15 is 0 Å². The second kappa shape index (κ2) is 5.87. The highest BCUT2D eigenvalue weighted by atomic mass is 79.9. The molecule has 1 aromatic carbocycles. The number of benzene rings is 1. The van der Waals surface area contributed by atoms with Crippen LogP contribution in [-0.2, 0) is 10.0 Å². The molecule has 3 N–H and O–H groups in total. The third kappa shape index (κ3) is 3.59. The van der Waals surface area contributed by atoms with Crippen LogP contribution in [-0.4, -0.2) is 39.0 Å². The third-order valence-electron chi connectivity index (χ3n) is 4.20. The third-order valence-corrected chi connectivity index (χ3v) is 6.19. The van der Waals surface area contributed by atoms with Gasteiger partial charge >= 0.3 is 0 Å². The lowest BCUT2D eigenvalue weighted by Crippen LogP contribution is -2.32. The van der Waals surface area contributed by atoms with Crippen LogP contribution in [0.1, 0.15) is 19.3 Å². The van der Waals surface area contributed by atoms with Crippen LogP contribution in [0.15, 0.2) is 27.6 Å². The molecule has 1 saturated carbocycles. The Kier molecular flexibility index (Phi) is 4.27. The van der Waals surface area contributed by atoms with Gasteiger partial charge in [0.05, 0.1) is 5.69 Å². The number of nitrogen functional groups attached to an aromatic ring is 1. The Morgan fingerprint density at radius 2 is 2.10 bits per heavy atom. The average Bonchev–Trinajstić information content (AvgIpc) is 3.15. The summed E-state index contributed by atoms with van der Waals surface area (Å²) in [5.41, 5.74) is 6.07. The molecular weight excluding hydrogens is 354 g/mol. The predicted molar refractivity (Wildman–Crippen MR) is 86.4 cm³/mol. The molecule has 1 aliphatic heterocycles. The van der Waals surface area contributed by atoms with Crippen molar-refractivity contribution in [1.82, 2.24) is 9.62 Å². The van der Waals surface area contributed by atoms with Gasteiger partial charge in [-0.15, -0.1) is 0 Å². The second-order valence-electron chi connectivity index (χ2n) is 5.91. The van der Waals surface area contributed by atoms with Gasteiger partial charge in [-0.05, 0) is 49.9 Å². The zero-order valence-electron chi connectivity index (χ0n) is 11.8. The van der Waals surface area contributed by atoms with Crippen molar-refractivity contribution in [3.8, 4) is 0 Å². The van der Waals surface area contributed by atoms with Crippen molar-refractivity contribution in [2.24, 2.45) is 5.92 Å². The van der Waals surface area contributed by atoms with Gasteiger partial charge in [-0.2, -0.15) is 0 Å². The fraction of sp³-hybridized carbons (Fsp3) is 0.571. The molecule has 0 radical (unpaired) electrons. The molecule has 1 saturated heterocycles. The van der Waals surface area contributed by atoms with Crippen molar-refractivity contribution in [1.29, 1.82) is 0 Å². The maximum atomic E-state index is 12.3. The van der Waals surface area contributed by atoms with Crippen molar-refractivity contribution in [3.05, 3.63) is 22.7 Å². The van der Waals surface area contributed by atoms with E-state index in [9.17, 15) is 8.42 Å². The van der Waals surface area contributed by atoms with E-state index in [0.717, 1.165) is 30.0 Å². The van der Waals surface area contributed by atoms with Gasteiger partial charge in [0, 0.05) is 23.6 Å². The minimum Gasteiger partial charge on any atom is -0.398 e. The van der Waals surface area contributed by atoms with Crippen LogP contribution < -0.4 is 10.5 Å². The number of likely N-dealkylation sites (tertiary alicyclic amines) is 1. The summed E-state index contributed by atoms with van der Waals surface area (Å²) in [6.07, 6.45) is 3.66. The molecule has 1 unspecified atom stereocenters. The molecule has 2 aliphatic rings. The van der Waals surface area contributed by atoms with E-state index in [1.54, 1.807) is 12.1 Å². The fourth-order valence-corrected chi connectivity index (χ4v) is 4.48. The van der Waals surface area contributed by atoms with Crippen molar-refractivity contribution < 1.29 is 8.42 Å². The molecule has 0 spiro atoms. The molecule has 1 aromatic rings. The number of anilines is 1. The van der Waals surface area contributed by atoms with Gasteiger partial charge in [0.15, 0.2) is 0 Å². The number of hydrogen-bond acceptors (Lipinski definition) is 4. The second-order valence-corrected chi connectivity index (χ2v) is 8.57. The highest BCUT2D eigenvalue weighted by molar-refractivity contribution is 9.10. The Morgan fingerprint density at radius 3 is 2.76 bits per heavy atom. The Bertz CT molecular complexity index is 631. The van der Waals surface area contributed by atoms with Gasteiger partial charge in [-0.1, -0.05) is 15.9 Å². The molecule has 0 bridgehead atoms. The summed E-state index contributed by atoms with van der Waals surface area (Å²) in [6.45, 7) is 2.58. The molecule has 116 valence electrons. The normalized spacial score (nSPS) is 23.6. The monoisotopic (exact) mass is 373 g/mol. The lowest BCUT2D eigenvalue weighted by atomic mass is 10.1. The maximum Gasteiger partial charge on any atom is 0.242 e. The number of nitrogens with two attached hydrogens (primary N) is 1. The molecule has 5 nitrogen and oxygen atoms in total. The molecule has 21 heavy (non-hydrogen) atoms. The quantitative estimate of drug-likeness (QED) is 0.771. The first-order valence-corrected chi connectivity index (χ1v) is 9.52. The number of nitrogens with one attached hydrogen (secondary N) is 1. The lowest BCUT2D eigenvalue weighted by Gasteiger charge is -2.15. The Hall–Kier alpha value is -0.630. The largest absolute Gasteiger partial charge is 0.398 e. The van der Waals surface area contributed by atoms with E-state index < -0.39 is 10.0 Å². The van der Waals surface area contributed by atoms with Gasteiger partial charge in [0.2, 0.25) is 10.0 Å². The zero-order valence-corrected chi connectivity index (χ0v) is 14.2. The minimum absolute atomic E-state index is 0.155. The molecule has 2 fully saturated rings. The van der Waals surface area contributed by atoms with Gasteiger partial charge in [0.25, 0.3) is 0 Å². The van der Waals surface area contributed by atoms with Crippen molar-refractivity contribution >= 4 is 31.6 Å². The smallest absolute Gasteiger partial charge is 0.242 e. The molecule has 0 aromatic heterocycles. The molecular formula is C14H20BrN3O2S. The van der Waals surface area contributed by atoms with Crippen LogP contribution in [0.4, 0.5) is 5.69 Å². The molecule has 1 atom stereocenters. The summed E-state index contributed by atoms with van der Waals surface area (Å²) in [5.74, 6) is 0.400. The standard InChI is InChI=1S/C14H20BrN3O2S/c15-11-1-4-14(13(16)7-11)21(19,20)17-8-10-5-6-18(9-10)12-2-3-12/h1,4,7,10,12,17H,2-3,5-6,8-9,16H2. The summed E-state index contributed by atoms with van der Waals surface area (Å²) >= 11 is 3.28. The maximum absolute atomic E-state index is 12.3. The number of hydrogen-bond donors (Lipinski definition) is 2. The molecule has 1 heterocycles. The van der Waals surface area contributed by atoms with Crippen LogP contribution >= 0.6 is 15.9 Å². The number of sulfonamides is 1. The van der Waals surface area contributed by atoms with E-state index in [1.807, 2.05) is 0 Å². The fourth-order valence-electron chi connectivity index (χ4n) is 2.87. The topological polar surface area (TPSA) is 75.4 Å². The SMILES string of the molecule is Nc1cc(Br)ccc1S(=O)(=O)NCC1CCN(C2CC2)C1. The van der Waals surface area contributed by atoms with Crippen molar-refractivity contribution in [2.45, 2.75) is 30.2 Å². The first-order valence-electron chi connectivity index (χ1n) is 7.24. The molecule has 7 heteroatoms. The minimum atomic E-state index is -3.53. The zero-order chi connectivity index (χ0) is 15.0.